The van der Waals surface area contributed by atoms with Crippen LogP contribution in [0.5, 0.6) is 5.75 Å². The van der Waals surface area contributed by atoms with E-state index in [1.54, 1.807) is 28.6 Å². The van der Waals surface area contributed by atoms with Gasteiger partial charge in [-0.1, -0.05) is 0 Å². The summed E-state index contributed by atoms with van der Waals surface area (Å²) >= 11 is 0. The minimum absolute atomic E-state index is 0.303. The molecule has 2 aliphatic rings. The van der Waals surface area contributed by atoms with Gasteiger partial charge in [0.05, 0.1) is 17.2 Å². The van der Waals surface area contributed by atoms with Crippen LogP contribution in [0.15, 0.2) is 35.2 Å². The van der Waals surface area contributed by atoms with Gasteiger partial charge in [-0.25, -0.2) is 8.42 Å². The van der Waals surface area contributed by atoms with E-state index in [0.717, 1.165) is 30.8 Å². The van der Waals surface area contributed by atoms with Gasteiger partial charge in [-0.05, 0) is 62.1 Å². The smallest absolute Gasteiger partial charge is 0.243 e. The summed E-state index contributed by atoms with van der Waals surface area (Å²) in [6.45, 7) is 4.56. The van der Waals surface area contributed by atoms with Crippen molar-refractivity contribution in [3.8, 4) is 5.75 Å². The Morgan fingerprint density at radius 2 is 1.78 bits per heavy atom. The minimum Gasteiger partial charge on any atom is -0.494 e. The van der Waals surface area contributed by atoms with Gasteiger partial charge in [0, 0.05) is 26.2 Å². The standard InChI is InChI=1S/C19H24N4O3S/c1-2-26-16-6-8-17(9-7-16)27(24,25)23-12-10-22(11-13-23)19-14-15-4-3-5-18(15)20-21-19/h6-9,14H,2-5,10-13H2,1H3. The Morgan fingerprint density at radius 1 is 1.04 bits per heavy atom. The molecule has 27 heavy (non-hydrogen) atoms. The third-order valence-corrected chi connectivity index (χ3v) is 7.05. The molecule has 4 rings (SSSR count). The van der Waals surface area contributed by atoms with Crippen LogP contribution in [-0.4, -0.2) is 55.7 Å². The number of hydrogen-bond acceptors (Lipinski definition) is 6. The summed E-state index contributed by atoms with van der Waals surface area (Å²) in [6.07, 6.45) is 3.21. The highest BCUT2D eigenvalue weighted by atomic mass is 32.2. The fraction of sp³-hybridized carbons (Fsp3) is 0.474. The number of aromatic nitrogens is 2. The number of piperazine rings is 1. The number of sulfonamides is 1. The molecule has 0 atom stereocenters. The number of fused-ring (bicyclic) bond motifs is 1. The summed E-state index contributed by atoms with van der Waals surface area (Å²) in [6, 6.07) is 8.74. The minimum atomic E-state index is -3.49. The lowest BCUT2D eigenvalue weighted by atomic mass is 10.2. The third kappa shape index (κ3) is 3.64. The predicted octanol–water partition coefficient (Wildman–Crippen LogP) is 1.87. The van der Waals surface area contributed by atoms with Crippen LogP contribution in [0.2, 0.25) is 0 Å². The van der Waals surface area contributed by atoms with Crippen LogP contribution in [0.3, 0.4) is 0 Å². The molecule has 0 spiro atoms. The lowest BCUT2D eigenvalue weighted by molar-refractivity contribution is 0.340. The lowest BCUT2D eigenvalue weighted by Gasteiger charge is -2.34. The van der Waals surface area contributed by atoms with E-state index in [4.69, 9.17) is 4.74 Å². The van der Waals surface area contributed by atoms with Gasteiger partial charge in [-0.15, -0.1) is 5.10 Å². The molecule has 144 valence electrons. The number of anilines is 1. The zero-order valence-corrected chi connectivity index (χ0v) is 16.3. The topological polar surface area (TPSA) is 75.6 Å². The molecule has 8 heteroatoms. The normalized spacial score (nSPS) is 17.7. The van der Waals surface area contributed by atoms with Crippen molar-refractivity contribution in [2.75, 3.05) is 37.7 Å². The number of aryl methyl sites for hydroxylation is 2. The Morgan fingerprint density at radius 3 is 2.48 bits per heavy atom. The summed E-state index contributed by atoms with van der Waals surface area (Å²) in [5.74, 6) is 1.53. The van der Waals surface area contributed by atoms with Crippen LogP contribution in [0.25, 0.3) is 0 Å². The van der Waals surface area contributed by atoms with E-state index in [1.165, 1.54) is 5.56 Å². The fourth-order valence-corrected chi connectivity index (χ4v) is 5.07. The van der Waals surface area contributed by atoms with Crippen molar-refractivity contribution in [3.05, 3.63) is 41.6 Å². The molecule has 2 aromatic rings. The molecule has 1 aromatic carbocycles. The van der Waals surface area contributed by atoms with Gasteiger partial charge in [-0.3, -0.25) is 0 Å². The zero-order valence-electron chi connectivity index (χ0n) is 15.5. The second-order valence-corrected chi connectivity index (χ2v) is 8.76. The molecule has 1 fully saturated rings. The molecular weight excluding hydrogens is 364 g/mol. The Kier molecular flexibility index (Phi) is 5.01. The molecule has 1 aliphatic carbocycles. The van der Waals surface area contributed by atoms with Gasteiger partial charge in [-0.2, -0.15) is 9.40 Å². The summed E-state index contributed by atoms with van der Waals surface area (Å²) < 4.78 is 32.7. The van der Waals surface area contributed by atoms with E-state index in [2.05, 4.69) is 21.2 Å². The van der Waals surface area contributed by atoms with Crippen LogP contribution in [0.1, 0.15) is 24.6 Å². The highest BCUT2D eigenvalue weighted by Gasteiger charge is 2.29. The Hall–Kier alpha value is -2.19. The quantitative estimate of drug-likeness (QED) is 0.778. The number of ether oxygens (including phenoxy) is 1. The maximum Gasteiger partial charge on any atom is 0.243 e. The van der Waals surface area contributed by atoms with Crippen LogP contribution < -0.4 is 9.64 Å². The molecule has 0 bridgehead atoms. The van der Waals surface area contributed by atoms with Crippen LogP contribution >= 0.6 is 0 Å². The number of hydrogen-bond donors (Lipinski definition) is 0. The molecule has 0 amide bonds. The highest BCUT2D eigenvalue weighted by molar-refractivity contribution is 7.89. The first-order valence-electron chi connectivity index (χ1n) is 9.41. The molecule has 1 aromatic heterocycles. The first kappa shape index (κ1) is 18.2. The van der Waals surface area contributed by atoms with Gasteiger partial charge in [0.1, 0.15) is 5.75 Å². The van der Waals surface area contributed by atoms with Crippen molar-refractivity contribution >= 4 is 15.8 Å². The van der Waals surface area contributed by atoms with Crippen molar-refractivity contribution in [3.63, 3.8) is 0 Å². The van der Waals surface area contributed by atoms with E-state index >= 15 is 0 Å². The SMILES string of the molecule is CCOc1ccc(S(=O)(=O)N2CCN(c3cc4c(nn3)CCC4)CC2)cc1. The van der Waals surface area contributed by atoms with Crippen LogP contribution in [0.4, 0.5) is 5.82 Å². The first-order chi connectivity index (χ1) is 13.1. The van der Waals surface area contributed by atoms with Crippen molar-refractivity contribution in [1.29, 1.82) is 0 Å². The largest absolute Gasteiger partial charge is 0.494 e. The second-order valence-electron chi connectivity index (χ2n) is 6.82. The Balaban J connectivity index is 1.43. The molecule has 1 saturated heterocycles. The third-order valence-electron chi connectivity index (χ3n) is 5.14. The molecule has 0 saturated carbocycles. The highest BCUT2D eigenvalue weighted by Crippen LogP contribution is 2.25. The maximum absolute atomic E-state index is 12.9. The fourth-order valence-electron chi connectivity index (χ4n) is 3.65. The molecule has 1 aliphatic heterocycles. The molecule has 0 radical (unpaired) electrons. The van der Waals surface area contributed by atoms with E-state index in [1.807, 2.05) is 6.92 Å². The Labute approximate surface area is 160 Å². The summed E-state index contributed by atoms with van der Waals surface area (Å²) in [7, 11) is -3.49. The number of benzene rings is 1. The molecule has 7 nitrogen and oxygen atoms in total. The van der Waals surface area contributed by atoms with Crippen molar-refractivity contribution in [1.82, 2.24) is 14.5 Å². The molecule has 0 N–H and O–H groups in total. The van der Waals surface area contributed by atoms with Crippen molar-refractivity contribution in [2.24, 2.45) is 0 Å². The van der Waals surface area contributed by atoms with E-state index in [-0.39, 0.29) is 0 Å². The van der Waals surface area contributed by atoms with E-state index in [9.17, 15) is 8.42 Å². The van der Waals surface area contributed by atoms with Gasteiger partial charge in [0.25, 0.3) is 0 Å². The van der Waals surface area contributed by atoms with Crippen LogP contribution in [-0.2, 0) is 22.9 Å². The Bertz CT molecular complexity index is 907. The summed E-state index contributed by atoms with van der Waals surface area (Å²) in [5.41, 5.74) is 2.39. The average molecular weight is 388 g/mol. The van der Waals surface area contributed by atoms with Crippen LogP contribution in [0, 0.1) is 0 Å². The van der Waals surface area contributed by atoms with E-state index < -0.39 is 10.0 Å². The zero-order chi connectivity index (χ0) is 18.9. The molecule has 0 unspecified atom stereocenters. The van der Waals surface area contributed by atoms with Gasteiger partial charge >= 0.3 is 0 Å². The average Bonchev–Trinajstić information content (AvgIpc) is 3.17. The molecular formula is C19H24N4O3S. The molecule has 2 heterocycles. The lowest BCUT2D eigenvalue weighted by Crippen LogP contribution is -2.49. The first-order valence-corrected chi connectivity index (χ1v) is 10.9. The number of nitrogens with zero attached hydrogens (tertiary/aromatic N) is 4. The summed E-state index contributed by atoms with van der Waals surface area (Å²) in [5, 5.41) is 8.68. The summed E-state index contributed by atoms with van der Waals surface area (Å²) in [4.78, 5) is 2.42. The van der Waals surface area contributed by atoms with Gasteiger partial charge in [0.15, 0.2) is 5.82 Å². The van der Waals surface area contributed by atoms with Crippen molar-refractivity contribution < 1.29 is 13.2 Å². The second kappa shape index (κ2) is 7.44. The maximum atomic E-state index is 12.9. The van der Waals surface area contributed by atoms with Gasteiger partial charge in [0.2, 0.25) is 10.0 Å². The van der Waals surface area contributed by atoms with Gasteiger partial charge < -0.3 is 9.64 Å². The monoisotopic (exact) mass is 388 g/mol. The number of rotatable bonds is 5. The predicted molar refractivity (Wildman–Crippen MR) is 103 cm³/mol. The van der Waals surface area contributed by atoms with E-state index in [0.29, 0.717) is 43.4 Å². The van der Waals surface area contributed by atoms with Crippen molar-refractivity contribution in [2.45, 2.75) is 31.1 Å².